The predicted octanol–water partition coefficient (Wildman–Crippen LogP) is 6.17. The van der Waals surface area contributed by atoms with Crippen LogP contribution >= 0.6 is 0 Å². The van der Waals surface area contributed by atoms with E-state index in [0.29, 0.717) is 37.3 Å². The van der Waals surface area contributed by atoms with Gasteiger partial charge >= 0.3 is 18.2 Å². The van der Waals surface area contributed by atoms with Crippen molar-refractivity contribution >= 4 is 18.2 Å². The Labute approximate surface area is 240 Å². The first-order valence-corrected chi connectivity index (χ1v) is 14.0. The summed E-state index contributed by atoms with van der Waals surface area (Å²) < 4.78 is 11.6. The zero-order valence-electron chi connectivity index (χ0n) is 24.0. The SMILES string of the molecule is Cc1[nH]c(CN(C(=O)OCC2c3ccccc3-c3ccccc32)C2CCCN(C(=O)OC(C)(C)C)C2)cc1C(=O)O. The van der Waals surface area contributed by atoms with Gasteiger partial charge in [-0.05, 0) is 68.9 Å². The predicted molar refractivity (Wildman–Crippen MR) is 154 cm³/mol. The number of nitrogens with zero attached hydrogens (tertiary/aromatic N) is 2. The van der Waals surface area contributed by atoms with Crippen molar-refractivity contribution in [3.8, 4) is 11.1 Å². The summed E-state index contributed by atoms with van der Waals surface area (Å²) in [6, 6.07) is 17.5. The summed E-state index contributed by atoms with van der Waals surface area (Å²) in [4.78, 5) is 44.7. The third-order valence-electron chi connectivity index (χ3n) is 7.70. The number of H-pyrrole nitrogens is 1. The first-order chi connectivity index (χ1) is 19.5. The summed E-state index contributed by atoms with van der Waals surface area (Å²) >= 11 is 0. The zero-order chi connectivity index (χ0) is 29.3. The quantitative estimate of drug-likeness (QED) is 0.373. The highest BCUT2D eigenvalue weighted by atomic mass is 16.6. The van der Waals surface area contributed by atoms with Gasteiger partial charge in [0, 0.05) is 30.4 Å². The summed E-state index contributed by atoms with van der Waals surface area (Å²) in [6.07, 6.45) is 0.446. The van der Waals surface area contributed by atoms with Gasteiger partial charge in [0.1, 0.15) is 12.2 Å². The lowest BCUT2D eigenvalue weighted by atomic mass is 9.98. The summed E-state index contributed by atoms with van der Waals surface area (Å²) in [5.74, 6) is -1.13. The number of rotatable bonds is 6. The Balaban J connectivity index is 1.38. The average Bonchev–Trinajstić information content (AvgIpc) is 3.47. The number of aromatic amines is 1. The molecule has 0 saturated carbocycles. The number of carboxylic acids is 1. The largest absolute Gasteiger partial charge is 0.478 e. The number of hydrogen-bond donors (Lipinski definition) is 2. The van der Waals surface area contributed by atoms with Crippen molar-refractivity contribution in [2.24, 2.45) is 0 Å². The Kier molecular flexibility index (Phi) is 7.80. The average molecular weight is 560 g/mol. The third kappa shape index (κ3) is 6.09. The van der Waals surface area contributed by atoms with E-state index in [1.54, 1.807) is 22.8 Å². The third-order valence-corrected chi connectivity index (χ3v) is 7.70. The van der Waals surface area contributed by atoms with Crippen molar-refractivity contribution in [2.75, 3.05) is 19.7 Å². The number of aromatic carboxylic acids is 1. The van der Waals surface area contributed by atoms with Crippen LogP contribution in [0.3, 0.4) is 0 Å². The Morgan fingerprint density at radius 1 is 1.05 bits per heavy atom. The molecule has 2 aromatic carbocycles. The molecular formula is C32H37N3O6. The van der Waals surface area contributed by atoms with Gasteiger partial charge in [0.2, 0.25) is 0 Å². The minimum atomic E-state index is -1.04. The second-order valence-corrected chi connectivity index (χ2v) is 11.8. The standard InChI is InChI=1S/C32H37N3O6/c1-20-27(29(36)37)16-21(33-20)17-35(22-10-9-15-34(18-22)30(38)41-32(2,3)4)31(39)40-19-28-25-13-7-5-11-23(25)24-12-6-8-14-26(24)28/h5-8,11-14,16,22,28,33H,9-10,15,17-19H2,1-4H3,(H,36,37). The molecule has 41 heavy (non-hydrogen) atoms. The first-order valence-electron chi connectivity index (χ1n) is 14.0. The molecular weight excluding hydrogens is 522 g/mol. The van der Waals surface area contributed by atoms with Crippen molar-refractivity contribution in [1.82, 2.24) is 14.8 Å². The molecule has 1 aliphatic heterocycles. The number of nitrogens with one attached hydrogen (secondary N) is 1. The van der Waals surface area contributed by atoms with Crippen LogP contribution in [0.5, 0.6) is 0 Å². The van der Waals surface area contributed by atoms with Crippen LogP contribution in [0.4, 0.5) is 9.59 Å². The Bertz CT molecular complexity index is 1410. The fourth-order valence-electron chi connectivity index (χ4n) is 5.84. The zero-order valence-corrected chi connectivity index (χ0v) is 24.0. The summed E-state index contributed by atoms with van der Waals surface area (Å²) in [5.41, 5.74) is 5.15. The monoisotopic (exact) mass is 559 g/mol. The van der Waals surface area contributed by atoms with Gasteiger partial charge in [-0.1, -0.05) is 48.5 Å². The maximum Gasteiger partial charge on any atom is 0.410 e. The van der Waals surface area contributed by atoms with Crippen LogP contribution < -0.4 is 0 Å². The molecule has 3 aromatic rings. The molecule has 0 spiro atoms. The molecule has 2 aliphatic rings. The number of ether oxygens (including phenoxy) is 2. The van der Waals surface area contributed by atoms with Crippen LogP contribution in [-0.4, -0.2) is 69.4 Å². The summed E-state index contributed by atoms with van der Waals surface area (Å²) in [6.45, 7) is 8.27. The number of hydrogen-bond acceptors (Lipinski definition) is 5. The van der Waals surface area contributed by atoms with E-state index in [1.165, 1.54) is 0 Å². The maximum atomic E-state index is 13.8. The normalized spacial score (nSPS) is 16.6. The van der Waals surface area contributed by atoms with Gasteiger partial charge in [-0.25, -0.2) is 14.4 Å². The number of piperidine rings is 1. The van der Waals surface area contributed by atoms with Crippen LogP contribution in [0, 0.1) is 6.92 Å². The number of likely N-dealkylation sites (tertiary alicyclic amines) is 1. The molecule has 2 amide bonds. The lowest BCUT2D eigenvalue weighted by molar-refractivity contribution is 0.00787. The van der Waals surface area contributed by atoms with Crippen LogP contribution in [0.1, 0.15) is 72.4 Å². The van der Waals surface area contributed by atoms with E-state index in [-0.39, 0.29) is 30.7 Å². The van der Waals surface area contributed by atoms with Crippen molar-refractivity contribution in [3.05, 3.63) is 82.7 Å². The molecule has 5 rings (SSSR count). The Morgan fingerprint density at radius 2 is 1.68 bits per heavy atom. The Morgan fingerprint density at radius 3 is 2.27 bits per heavy atom. The summed E-state index contributed by atoms with van der Waals surface area (Å²) in [7, 11) is 0. The number of carboxylic acid groups (broad SMARTS) is 1. The van der Waals surface area contributed by atoms with E-state index >= 15 is 0 Å². The van der Waals surface area contributed by atoms with E-state index in [9.17, 15) is 19.5 Å². The molecule has 216 valence electrons. The first kappa shape index (κ1) is 28.3. The number of amides is 2. The number of benzene rings is 2. The topological polar surface area (TPSA) is 112 Å². The maximum absolute atomic E-state index is 13.8. The molecule has 9 heteroatoms. The fourth-order valence-corrected chi connectivity index (χ4v) is 5.84. The van der Waals surface area contributed by atoms with Gasteiger partial charge in [-0.3, -0.25) is 4.90 Å². The van der Waals surface area contributed by atoms with Crippen molar-refractivity contribution < 1.29 is 29.0 Å². The minimum Gasteiger partial charge on any atom is -0.478 e. The molecule has 9 nitrogen and oxygen atoms in total. The van der Waals surface area contributed by atoms with Crippen molar-refractivity contribution in [1.29, 1.82) is 0 Å². The van der Waals surface area contributed by atoms with E-state index in [2.05, 4.69) is 29.2 Å². The number of carbonyl (C=O) groups is 3. The number of carbonyl (C=O) groups excluding carboxylic acids is 2. The van der Waals surface area contributed by atoms with Crippen molar-refractivity contribution in [3.63, 3.8) is 0 Å². The molecule has 1 fully saturated rings. The van der Waals surface area contributed by atoms with E-state index < -0.39 is 23.8 Å². The molecule has 1 aromatic heterocycles. The fraction of sp³-hybridized carbons (Fsp3) is 0.406. The van der Waals surface area contributed by atoms with Crippen LogP contribution in [0.2, 0.25) is 0 Å². The molecule has 1 unspecified atom stereocenters. The molecule has 1 saturated heterocycles. The van der Waals surface area contributed by atoms with Crippen LogP contribution in [0.25, 0.3) is 11.1 Å². The second kappa shape index (κ2) is 11.3. The van der Waals surface area contributed by atoms with Crippen LogP contribution in [0.15, 0.2) is 54.6 Å². The van der Waals surface area contributed by atoms with Gasteiger partial charge in [0.25, 0.3) is 0 Å². The summed E-state index contributed by atoms with van der Waals surface area (Å²) in [5, 5.41) is 9.54. The Hall–Kier alpha value is -4.27. The minimum absolute atomic E-state index is 0.0934. The van der Waals surface area contributed by atoms with Gasteiger partial charge < -0.3 is 24.5 Å². The van der Waals surface area contributed by atoms with Crippen LogP contribution in [-0.2, 0) is 16.0 Å². The van der Waals surface area contributed by atoms with Gasteiger partial charge in [0.05, 0.1) is 18.2 Å². The molecule has 1 aliphatic carbocycles. The number of aryl methyl sites for hydroxylation is 1. The molecule has 0 radical (unpaired) electrons. The van der Waals surface area contributed by atoms with Gasteiger partial charge in [0.15, 0.2) is 0 Å². The molecule has 1 atom stereocenters. The van der Waals surface area contributed by atoms with E-state index in [1.807, 2.05) is 45.0 Å². The molecule has 2 heterocycles. The van der Waals surface area contributed by atoms with E-state index in [4.69, 9.17) is 9.47 Å². The highest BCUT2D eigenvalue weighted by Gasteiger charge is 2.35. The number of aromatic nitrogens is 1. The lowest BCUT2D eigenvalue weighted by Crippen LogP contribution is -2.52. The number of fused-ring (bicyclic) bond motifs is 3. The smallest absolute Gasteiger partial charge is 0.410 e. The highest BCUT2D eigenvalue weighted by molar-refractivity contribution is 5.89. The van der Waals surface area contributed by atoms with Gasteiger partial charge in [-0.15, -0.1) is 0 Å². The lowest BCUT2D eigenvalue weighted by Gasteiger charge is -2.39. The van der Waals surface area contributed by atoms with E-state index in [0.717, 1.165) is 22.3 Å². The molecule has 0 bridgehead atoms. The molecule has 2 N–H and O–H groups in total. The van der Waals surface area contributed by atoms with Crippen molar-refractivity contribution in [2.45, 2.75) is 64.6 Å². The highest BCUT2D eigenvalue weighted by Crippen LogP contribution is 2.44. The second-order valence-electron chi connectivity index (χ2n) is 11.8. The van der Waals surface area contributed by atoms with Gasteiger partial charge in [-0.2, -0.15) is 0 Å².